The van der Waals surface area contributed by atoms with E-state index in [4.69, 9.17) is 4.52 Å². The average molecular weight is 418 g/mol. The van der Waals surface area contributed by atoms with Crippen LogP contribution in [0.1, 0.15) is 42.7 Å². The Morgan fingerprint density at radius 3 is 2.34 bits per heavy atom. The lowest BCUT2D eigenvalue weighted by atomic mass is 9.63. The van der Waals surface area contributed by atoms with Crippen molar-refractivity contribution >= 4 is 15.9 Å². The monoisotopic (exact) mass is 417 g/mol. The van der Waals surface area contributed by atoms with Crippen molar-refractivity contribution in [1.82, 2.24) is 14.4 Å². The molecule has 8 heteroatoms. The van der Waals surface area contributed by atoms with Crippen LogP contribution in [0.3, 0.4) is 0 Å². The lowest BCUT2D eigenvalue weighted by molar-refractivity contribution is -0.140. The highest BCUT2D eigenvalue weighted by molar-refractivity contribution is 7.89. The van der Waals surface area contributed by atoms with Crippen molar-refractivity contribution in [2.75, 3.05) is 26.2 Å². The first-order chi connectivity index (χ1) is 13.9. The molecule has 0 unspecified atom stereocenters. The van der Waals surface area contributed by atoms with E-state index in [1.807, 2.05) is 35.2 Å². The minimum Gasteiger partial charge on any atom is -0.360 e. The van der Waals surface area contributed by atoms with E-state index in [1.54, 1.807) is 13.8 Å². The minimum atomic E-state index is -3.69. The van der Waals surface area contributed by atoms with Crippen LogP contribution < -0.4 is 0 Å². The summed E-state index contributed by atoms with van der Waals surface area (Å²) in [5, 5.41) is 3.78. The molecule has 29 heavy (non-hydrogen) atoms. The molecule has 2 aliphatic rings. The van der Waals surface area contributed by atoms with Crippen LogP contribution in [-0.2, 0) is 20.2 Å². The summed E-state index contributed by atoms with van der Waals surface area (Å²) in [5.41, 5.74) is 0.995. The quantitative estimate of drug-likeness (QED) is 0.764. The van der Waals surface area contributed by atoms with Crippen molar-refractivity contribution in [3.8, 4) is 0 Å². The fourth-order valence-corrected chi connectivity index (χ4v) is 6.29. The molecule has 2 aromatic rings. The normalized spacial score (nSPS) is 20.1. The first kappa shape index (κ1) is 20.1. The van der Waals surface area contributed by atoms with Crippen LogP contribution in [0.15, 0.2) is 39.8 Å². The van der Waals surface area contributed by atoms with Gasteiger partial charge in [-0.15, -0.1) is 0 Å². The predicted molar refractivity (Wildman–Crippen MR) is 108 cm³/mol. The summed E-state index contributed by atoms with van der Waals surface area (Å²) in [6, 6.07) is 9.97. The van der Waals surface area contributed by atoms with Crippen LogP contribution in [0.25, 0.3) is 0 Å². The van der Waals surface area contributed by atoms with Crippen LogP contribution >= 0.6 is 0 Å². The zero-order chi connectivity index (χ0) is 20.6. The van der Waals surface area contributed by atoms with Gasteiger partial charge in [0.15, 0.2) is 5.76 Å². The highest BCUT2D eigenvalue weighted by Gasteiger charge is 2.48. The van der Waals surface area contributed by atoms with E-state index in [9.17, 15) is 13.2 Å². The molecule has 1 amide bonds. The van der Waals surface area contributed by atoms with Gasteiger partial charge >= 0.3 is 0 Å². The number of sulfonamides is 1. The molecule has 0 radical (unpaired) electrons. The summed E-state index contributed by atoms with van der Waals surface area (Å²) >= 11 is 0. The van der Waals surface area contributed by atoms with Gasteiger partial charge in [-0.25, -0.2) is 8.42 Å². The SMILES string of the molecule is Cc1noc(C)c1S(=O)(=O)N1CCCN(C(=O)C2(c3ccccc3)CCC2)CC1. The molecule has 1 aliphatic heterocycles. The van der Waals surface area contributed by atoms with Gasteiger partial charge in [0.1, 0.15) is 10.6 Å². The van der Waals surface area contributed by atoms with Crippen LogP contribution in [-0.4, -0.2) is 54.9 Å². The molecule has 0 N–H and O–H groups in total. The summed E-state index contributed by atoms with van der Waals surface area (Å²) in [5.74, 6) is 0.434. The molecule has 156 valence electrons. The fourth-order valence-electron chi connectivity index (χ4n) is 4.53. The number of nitrogens with zero attached hydrogens (tertiary/aromatic N) is 3. The Balaban J connectivity index is 1.53. The molecule has 4 rings (SSSR count). The smallest absolute Gasteiger partial charge is 0.248 e. The summed E-state index contributed by atoms with van der Waals surface area (Å²) < 4.78 is 32.8. The topological polar surface area (TPSA) is 83.7 Å². The molecular weight excluding hydrogens is 390 g/mol. The van der Waals surface area contributed by atoms with Crippen molar-refractivity contribution in [2.24, 2.45) is 0 Å². The molecule has 1 aromatic carbocycles. The number of benzene rings is 1. The Morgan fingerprint density at radius 1 is 1.03 bits per heavy atom. The number of aryl methyl sites for hydroxylation is 2. The molecule has 1 aliphatic carbocycles. The third-order valence-electron chi connectivity index (χ3n) is 6.25. The van der Waals surface area contributed by atoms with Crippen molar-refractivity contribution < 1.29 is 17.7 Å². The lowest BCUT2D eigenvalue weighted by Gasteiger charge is -2.44. The van der Waals surface area contributed by atoms with E-state index in [0.29, 0.717) is 37.5 Å². The Morgan fingerprint density at radius 2 is 1.76 bits per heavy atom. The summed E-state index contributed by atoms with van der Waals surface area (Å²) in [4.78, 5) is 15.5. The van der Waals surface area contributed by atoms with Gasteiger partial charge in [0.25, 0.3) is 0 Å². The Kier molecular flexibility index (Phi) is 5.25. The second-order valence-electron chi connectivity index (χ2n) is 8.00. The number of hydrogen-bond donors (Lipinski definition) is 0. The molecule has 0 atom stereocenters. The summed E-state index contributed by atoms with van der Waals surface area (Å²) in [7, 11) is -3.69. The van der Waals surface area contributed by atoms with Crippen molar-refractivity contribution in [1.29, 1.82) is 0 Å². The van der Waals surface area contributed by atoms with Crippen molar-refractivity contribution in [3.63, 3.8) is 0 Å². The number of carbonyl (C=O) groups excluding carboxylic acids is 1. The highest BCUT2D eigenvalue weighted by Crippen LogP contribution is 2.45. The van der Waals surface area contributed by atoms with Gasteiger partial charge in [0, 0.05) is 26.2 Å². The highest BCUT2D eigenvalue weighted by atomic mass is 32.2. The Labute approximate surface area is 171 Å². The minimum absolute atomic E-state index is 0.131. The van der Waals surface area contributed by atoms with Crippen molar-refractivity contribution in [2.45, 2.75) is 49.8 Å². The summed E-state index contributed by atoms with van der Waals surface area (Å²) in [6.07, 6.45) is 3.36. The van der Waals surface area contributed by atoms with Crippen LogP contribution in [0.5, 0.6) is 0 Å². The largest absolute Gasteiger partial charge is 0.360 e. The zero-order valence-corrected chi connectivity index (χ0v) is 17.7. The number of rotatable bonds is 4. The number of carbonyl (C=O) groups is 1. The fraction of sp³-hybridized carbons (Fsp3) is 0.524. The third kappa shape index (κ3) is 3.38. The van der Waals surface area contributed by atoms with Gasteiger partial charge in [0.05, 0.1) is 5.41 Å². The van der Waals surface area contributed by atoms with Gasteiger partial charge in [0.2, 0.25) is 15.9 Å². The zero-order valence-electron chi connectivity index (χ0n) is 16.9. The maximum Gasteiger partial charge on any atom is 0.248 e. The van der Waals surface area contributed by atoms with Crippen LogP contribution in [0, 0.1) is 13.8 Å². The summed E-state index contributed by atoms with van der Waals surface area (Å²) in [6.45, 7) is 4.88. The van der Waals surface area contributed by atoms with E-state index in [-0.39, 0.29) is 17.3 Å². The molecule has 2 fully saturated rings. The molecule has 0 spiro atoms. The van der Waals surface area contributed by atoms with Gasteiger partial charge < -0.3 is 9.42 Å². The molecule has 1 aromatic heterocycles. The average Bonchev–Trinajstić information content (AvgIpc) is 2.87. The molecule has 2 heterocycles. The van der Waals surface area contributed by atoms with Gasteiger partial charge in [-0.2, -0.15) is 4.31 Å². The molecule has 1 saturated heterocycles. The number of aromatic nitrogens is 1. The third-order valence-corrected chi connectivity index (χ3v) is 8.39. The molecular formula is C21H27N3O4S. The Hall–Kier alpha value is -2.19. The molecule has 7 nitrogen and oxygen atoms in total. The first-order valence-corrected chi connectivity index (χ1v) is 11.6. The maximum atomic E-state index is 13.5. The second kappa shape index (κ2) is 7.57. The van der Waals surface area contributed by atoms with Crippen LogP contribution in [0.4, 0.5) is 0 Å². The van der Waals surface area contributed by atoms with Gasteiger partial charge in [-0.3, -0.25) is 4.79 Å². The number of hydrogen-bond acceptors (Lipinski definition) is 5. The first-order valence-electron chi connectivity index (χ1n) is 10.1. The van der Waals surface area contributed by atoms with Crippen LogP contribution in [0.2, 0.25) is 0 Å². The standard InChI is InChI=1S/C21H27N3O4S/c1-16-19(17(2)28-22-16)29(26,27)24-13-7-12-23(14-15-24)20(25)21(10-6-11-21)18-8-4-3-5-9-18/h3-5,8-9H,6-7,10-15H2,1-2H3. The Bertz CT molecular complexity index is 977. The van der Waals surface area contributed by atoms with Gasteiger partial charge in [-0.05, 0) is 38.7 Å². The van der Waals surface area contributed by atoms with Gasteiger partial charge in [-0.1, -0.05) is 41.9 Å². The predicted octanol–water partition coefficient (Wildman–Crippen LogP) is 2.64. The maximum absolute atomic E-state index is 13.5. The van der Waals surface area contributed by atoms with E-state index >= 15 is 0 Å². The lowest BCUT2D eigenvalue weighted by Crippen LogP contribution is -2.52. The second-order valence-corrected chi connectivity index (χ2v) is 9.88. The molecule has 1 saturated carbocycles. The van der Waals surface area contributed by atoms with Crippen molar-refractivity contribution in [3.05, 3.63) is 47.3 Å². The van der Waals surface area contributed by atoms with E-state index < -0.39 is 15.4 Å². The van der Waals surface area contributed by atoms with E-state index in [0.717, 1.165) is 24.8 Å². The van der Waals surface area contributed by atoms with E-state index in [1.165, 1.54) is 4.31 Å². The molecule has 0 bridgehead atoms. The number of amides is 1. The van der Waals surface area contributed by atoms with E-state index in [2.05, 4.69) is 5.16 Å².